The Morgan fingerprint density at radius 3 is 2.45 bits per heavy atom. The fraction of sp³-hybridized carbons (Fsp3) is 0.458. The molecule has 1 saturated heterocycles. The number of amides is 1. The Bertz CT molecular complexity index is 740. The maximum atomic E-state index is 12.2. The normalized spacial score (nSPS) is 16.3. The third kappa shape index (κ3) is 6.87. The number of ether oxygens (including phenoxy) is 2. The highest BCUT2D eigenvalue weighted by atomic mass is 16.5. The van der Waals surface area contributed by atoms with E-state index >= 15 is 0 Å². The van der Waals surface area contributed by atoms with Crippen molar-refractivity contribution < 1.29 is 14.3 Å². The molecular weight excluding hydrogens is 364 g/mol. The Hall–Kier alpha value is -2.37. The number of hydrogen-bond acceptors (Lipinski definition) is 4. The summed E-state index contributed by atoms with van der Waals surface area (Å²) < 4.78 is 11.2. The molecule has 1 amide bonds. The number of rotatable bonds is 9. The van der Waals surface area contributed by atoms with Gasteiger partial charge in [-0.2, -0.15) is 0 Å². The topological polar surface area (TPSA) is 50.8 Å². The lowest BCUT2D eigenvalue weighted by Gasteiger charge is -2.32. The molecule has 1 aliphatic rings. The largest absolute Gasteiger partial charge is 0.490 e. The van der Waals surface area contributed by atoms with Gasteiger partial charge in [-0.05, 0) is 56.0 Å². The van der Waals surface area contributed by atoms with Crippen LogP contribution in [-0.4, -0.2) is 56.3 Å². The average molecular weight is 397 g/mol. The highest BCUT2D eigenvalue weighted by Gasteiger charge is 2.20. The van der Waals surface area contributed by atoms with Crippen LogP contribution < -0.4 is 10.1 Å². The third-order valence-electron chi connectivity index (χ3n) is 5.31. The smallest absolute Gasteiger partial charge is 0.251 e. The summed E-state index contributed by atoms with van der Waals surface area (Å²) in [6.07, 6.45) is 3.40. The second-order valence-electron chi connectivity index (χ2n) is 7.75. The molecule has 1 aliphatic heterocycles. The monoisotopic (exact) mass is 396 g/mol. The molecule has 0 aromatic heterocycles. The van der Waals surface area contributed by atoms with Gasteiger partial charge < -0.3 is 19.7 Å². The fourth-order valence-corrected chi connectivity index (χ4v) is 3.66. The van der Waals surface area contributed by atoms with Gasteiger partial charge in [0.25, 0.3) is 5.91 Å². The van der Waals surface area contributed by atoms with Crippen LogP contribution in [0.1, 0.15) is 35.7 Å². The standard InChI is InChI=1S/C24H32N2O3/c1-19(18-28-2)25-24(27)21-8-10-22(11-9-21)29-23-13-16-26(17-14-23)15-12-20-6-4-3-5-7-20/h3-11,19,23H,12-18H2,1-2H3,(H,25,27)/t19-/m1/s1. The molecule has 29 heavy (non-hydrogen) atoms. The molecule has 0 unspecified atom stereocenters. The number of hydrogen-bond donors (Lipinski definition) is 1. The maximum absolute atomic E-state index is 12.2. The van der Waals surface area contributed by atoms with Gasteiger partial charge in [0.2, 0.25) is 0 Å². The lowest BCUT2D eigenvalue weighted by Crippen LogP contribution is -2.39. The van der Waals surface area contributed by atoms with E-state index in [9.17, 15) is 4.79 Å². The lowest BCUT2D eigenvalue weighted by molar-refractivity contribution is 0.0905. The predicted molar refractivity (Wildman–Crippen MR) is 115 cm³/mol. The van der Waals surface area contributed by atoms with Crippen molar-refractivity contribution >= 4 is 5.91 Å². The summed E-state index contributed by atoms with van der Waals surface area (Å²) in [4.78, 5) is 14.7. The quantitative estimate of drug-likeness (QED) is 0.704. The minimum atomic E-state index is -0.0900. The zero-order valence-corrected chi connectivity index (χ0v) is 17.5. The van der Waals surface area contributed by atoms with E-state index in [1.807, 2.05) is 31.2 Å². The molecule has 1 atom stereocenters. The Balaban J connectivity index is 1.40. The van der Waals surface area contributed by atoms with Gasteiger partial charge in [-0.15, -0.1) is 0 Å². The first-order chi connectivity index (χ1) is 14.1. The van der Waals surface area contributed by atoms with Crippen LogP contribution in [0.2, 0.25) is 0 Å². The van der Waals surface area contributed by atoms with Gasteiger partial charge >= 0.3 is 0 Å². The fourth-order valence-electron chi connectivity index (χ4n) is 3.66. The van der Waals surface area contributed by atoms with Crippen molar-refractivity contribution in [1.29, 1.82) is 0 Å². The predicted octanol–water partition coefficient (Wildman–Crippen LogP) is 3.54. The number of carbonyl (C=O) groups is 1. The van der Waals surface area contributed by atoms with E-state index in [0.29, 0.717) is 12.2 Å². The maximum Gasteiger partial charge on any atom is 0.251 e. The lowest BCUT2D eigenvalue weighted by atomic mass is 10.1. The van der Waals surface area contributed by atoms with E-state index in [-0.39, 0.29) is 18.1 Å². The number of methoxy groups -OCH3 is 1. The number of benzene rings is 2. The van der Waals surface area contributed by atoms with Crippen molar-refractivity contribution in [1.82, 2.24) is 10.2 Å². The molecule has 5 nitrogen and oxygen atoms in total. The molecule has 0 radical (unpaired) electrons. The van der Waals surface area contributed by atoms with E-state index < -0.39 is 0 Å². The number of likely N-dealkylation sites (tertiary alicyclic amines) is 1. The van der Waals surface area contributed by atoms with E-state index in [4.69, 9.17) is 9.47 Å². The molecule has 156 valence electrons. The van der Waals surface area contributed by atoms with Crippen LogP contribution in [0, 0.1) is 0 Å². The van der Waals surface area contributed by atoms with Gasteiger partial charge in [0, 0.05) is 38.3 Å². The zero-order chi connectivity index (χ0) is 20.5. The number of nitrogens with one attached hydrogen (secondary N) is 1. The highest BCUT2D eigenvalue weighted by molar-refractivity contribution is 5.94. The molecular formula is C24H32N2O3. The summed E-state index contributed by atoms with van der Waals surface area (Å²) in [6.45, 7) is 5.65. The summed E-state index contributed by atoms with van der Waals surface area (Å²) >= 11 is 0. The van der Waals surface area contributed by atoms with Crippen molar-refractivity contribution in [2.45, 2.75) is 38.3 Å². The van der Waals surface area contributed by atoms with E-state index in [0.717, 1.165) is 44.6 Å². The molecule has 0 spiro atoms. The summed E-state index contributed by atoms with van der Waals surface area (Å²) in [5, 5.41) is 2.92. The van der Waals surface area contributed by atoms with Gasteiger partial charge in [0.1, 0.15) is 11.9 Å². The van der Waals surface area contributed by atoms with Crippen LogP contribution in [0.3, 0.4) is 0 Å². The molecule has 5 heteroatoms. The molecule has 1 heterocycles. The van der Waals surface area contributed by atoms with Crippen LogP contribution in [0.15, 0.2) is 54.6 Å². The molecule has 0 bridgehead atoms. The Kier molecular flexibility index (Phi) is 8.08. The van der Waals surface area contributed by atoms with E-state index in [1.54, 1.807) is 7.11 Å². The first kappa shape index (κ1) is 21.3. The second kappa shape index (κ2) is 11.0. The Morgan fingerprint density at radius 1 is 1.10 bits per heavy atom. The zero-order valence-electron chi connectivity index (χ0n) is 17.5. The van der Waals surface area contributed by atoms with Crippen molar-refractivity contribution in [3.63, 3.8) is 0 Å². The van der Waals surface area contributed by atoms with Gasteiger partial charge in [-0.3, -0.25) is 4.79 Å². The summed E-state index contributed by atoms with van der Waals surface area (Å²) in [7, 11) is 1.63. The van der Waals surface area contributed by atoms with Gasteiger partial charge in [0.15, 0.2) is 0 Å². The first-order valence-electron chi connectivity index (χ1n) is 10.5. The van der Waals surface area contributed by atoms with Crippen LogP contribution in [-0.2, 0) is 11.2 Å². The minimum Gasteiger partial charge on any atom is -0.490 e. The van der Waals surface area contributed by atoms with E-state index in [1.165, 1.54) is 5.56 Å². The third-order valence-corrected chi connectivity index (χ3v) is 5.31. The molecule has 0 aliphatic carbocycles. The molecule has 1 N–H and O–H groups in total. The molecule has 0 saturated carbocycles. The van der Waals surface area contributed by atoms with Crippen LogP contribution >= 0.6 is 0 Å². The van der Waals surface area contributed by atoms with Crippen LogP contribution in [0.25, 0.3) is 0 Å². The van der Waals surface area contributed by atoms with Crippen LogP contribution in [0.5, 0.6) is 5.75 Å². The van der Waals surface area contributed by atoms with E-state index in [2.05, 4.69) is 40.5 Å². The van der Waals surface area contributed by atoms with Gasteiger partial charge in [-0.1, -0.05) is 30.3 Å². The molecule has 2 aromatic carbocycles. The SMILES string of the molecule is COC[C@@H](C)NC(=O)c1ccc(OC2CCN(CCc3ccccc3)CC2)cc1. The number of carbonyl (C=O) groups excluding carboxylic acids is 1. The summed E-state index contributed by atoms with van der Waals surface area (Å²) in [5.74, 6) is 0.738. The average Bonchev–Trinajstić information content (AvgIpc) is 2.74. The summed E-state index contributed by atoms with van der Waals surface area (Å²) in [5.41, 5.74) is 2.03. The number of nitrogens with zero attached hydrogens (tertiary/aromatic N) is 1. The first-order valence-corrected chi connectivity index (χ1v) is 10.5. The second-order valence-corrected chi connectivity index (χ2v) is 7.75. The Labute approximate surface area is 174 Å². The van der Waals surface area contributed by atoms with Gasteiger partial charge in [0.05, 0.1) is 6.61 Å². The van der Waals surface area contributed by atoms with Crippen molar-refractivity contribution in [2.24, 2.45) is 0 Å². The molecule has 1 fully saturated rings. The minimum absolute atomic E-state index is 0.0181. The van der Waals surface area contributed by atoms with Crippen molar-refractivity contribution in [3.05, 3.63) is 65.7 Å². The number of piperidine rings is 1. The molecule has 2 aromatic rings. The van der Waals surface area contributed by atoms with Crippen molar-refractivity contribution in [2.75, 3.05) is 33.4 Å². The summed E-state index contributed by atoms with van der Waals surface area (Å²) in [6, 6.07) is 18.0. The Morgan fingerprint density at radius 2 is 1.79 bits per heavy atom. The van der Waals surface area contributed by atoms with Crippen molar-refractivity contribution in [3.8, 4) is 5.75 Å². The van der Waals surface area contributed by atoms with Crippen LogP contribution in [0.4, 0.5) is 0 Å². The molecule has 3 rings (SSSR count). The van der Waals surface area contributed by atoms with Gasteiger partial charge in [-0.25, -0.2) is 0 Å². The highest BCUT2D eigenvalue weighted by Crippen LogP contribution is 2.20.